The fourth-order valence-corrected chi connectivity index (χ4v) is 3.06. The third kappa shape index (κ3) is 2.17. The van der Waals surface area contributed by atoms with Crippen LogP contribution in [-0.2, 0) is 0 Å². The molecule has 0 radical (unpaired) electrons. The molecule has 0 aromatic heterocycles. The van der Waals surface area contributed by atoms with E-state index in [-0.39, 0.29) is 0 Å². The van der Waals surface area contributed by atoms with Crippen LogP contribution in [0.1, 0.15) is 39.5 Å². The molecule has 2 heterocycles. The Morgan fingerprint density at radius 2 is 1.80 bits per heavy atom. The van der Waals surface area contributed by atoms with Gasteiger partial charge in [0.25, 0.3) is 0 Å². The molecule has 0 saturated carbocycles. The Morgan fingerprint density at radius 3 is 2.27 bits per heavy atom. The number of piperidine rings is 1. The maximum absolute atomic E-state index is 6.08. The van der Waals surface area contributed by atoms with Crippen molar-refractivity contribution in [1.82, 2.24) is 4.90 Å². The maximum Gasteiger partial charge on any atom is 0.0972 e. The highest BCUT2D eigenvalue weighted by molar-refractivity contribution is 5.83. The van der Waals surface area contributed by atoms with E-state index >= 15 is 0 Å². The first kappa shape index (κ1) is 10.9. The number of nitrogens with two attached hydrogens (primary N) is 1. The Kier molecular flexibility index (Phi) is 3.01. The molecule has 0 spiro atoms. The predicted molar refractivity (Wildman–Crippen MR) is 64.1 cm³/mol. The minimum atomic E-state index is 0.335. The fraction of sp³-hybridized carbons (Fsp3) is 0.917. The summed E-state index contributed by atoms with van der Waals surface area (Å²) in [5.74, 6) is 1.44. The van der Waals surface area contributed by atoms with E-state index in [2.05, 4.69) is 30.8 Å². The van der Waals surface area contributed by atoms with E-state index in [9.17, 15) is 0 Å². The third-order valence-electron chi connectivity index (χ3n) is 3.92. The summed E-state index contributed by atoms with van der Waals surface area (Å²) >= 11 is 0. The van der Waals surface area contributed by atoms with Crippen molar-refractivity contribution in [2.45, 2.75) is 57.7 Å². The molecule has 2 saturated heterocycles. The molecule has 0 amide bonds. The molecule has 2 aliphatic heterocycles. The lowest BCUT2D eigenvalue weighted by Crippen LogP contribution is -2.43. The number of hydrogen-bond acceptors (Lipinski definition) is 2. The molecular weight excluding hydrogens is 186 g/mol. The number of rotatable bonds is 2. The molecule has 0 aliphatic carbocycles. The van der Waals surface area contributed by atoms with Crippen molar-refractivity contribution in [1.29, 1.82) is 0 Å². The molecule has 15 heavy (non-hydrogen) atoms. The van der Waals surface area contributed by atoms with Gasteiger partial charge in [-0.1, -0.05) is 0 Å². The van der Waals surface area contributed by atoms with Gasteiger partial charge in [-0.3, -0.25) is 4.99 Å². The quantitative estimate of drug-likeness (QED) is 0.555. The van der Waals surface area contributed by atoms with Gasteiger partial charge < -0.3 is 10.6 Å². The molecule has 2 atom stereocenters. The summed E-state index contributed by atoms with van der Waals surface area (Å²) in [4.78, 5) is 7.04. The van der Waals surface area contributed by atoms with Crippen molar-refractivity contribution < 1.29 is 0 Å². The molecule has 86 valence electrons. The standard InChI is InChI=1S/C12H23N3/c1-8(2)14-12(13)9-6-10-4-5-11(7-9)15(10)3/h8-11H,4-7H2,1-3H3,(H2,13,14). The first-order valence-electron chi connectivity index (χ1n) is 6.13. The van der Waals surface area contributed by atoms with E-state index in [1.807, 2.05) is 0 Å². The van der Waals surface area contributed by atoms with Gasteiger partial charge in [-0.2, -0.15) is 0 Å². The van der Waals surface area contributed by atoms with Gasteiger partial charge in [0.05, 0.1) is 5.84 Å². The molecule has 2 unspecified atom stereocenters. The summed E-state index contributed by atoms with van der Waals surface area (Å²) in [7, 11) is 2.26. The largest absolute Gasteiger partial charge is 0.387 e. The van der Waals surface area contributed by atoms with Gasteiger partial charge in [0.15, 0.2) is 0 Å². The van der Waals surface area contributed by atoms with E-state index < -0.39 is 0 Å². The molecular formula is C12H23N3. The third-order valence-corrected chi connectivity index (χ3v) is 3.92. The van der Waals surface area contributed by atoms with Crippen molar-refractivity contribution in [3.63, 3.8) is 0 Å². The van der Waals surface area contributed by atoms with E-state index in [0.29, 0.717) is 12.0 Å². The summed E-state index contributed by atoms with van der Waals surface area (Å²) in [5.41, 5.74) is 6.08. The second-order valence-electron chi connectivity index (χ2n) is 5.37. The van der Waals surface area contributed by atoms with E-state index in [1.54, 1.807) is 0 Å². The van der Waals surface area contributed by atoms with Gasteiger partial charge in [-0.05, 0) is 46.6 Å². The molecule has 2 aliphatic rings. The average molecular weight is 209 g/mol. The number of fused-ring (bicyclic) bond motifs is 2. The highest BCUT2D eigenvalue weighted by Gasteiger charge is 2.39. The van der Waals surface area contributed by atoms with Crippen LogP contribution >= 0.6 is 0 Å². The Balaban J connectivity index is 2.02. The minimum absolute atomic E-state index is 0.335. The monoisotopic (exact) mass is 209 g/mol. The van der Waals surface area contributed by atoms with Crippen molar-refractivity contribution in [3.8, 4) is 0 Å². The van der Waals surface area contributed by atoms with Gasteiger partial charge in [0.1, 0.15) is 0 Å². The molecule has 2 rings (SSSR count). The second kappa shape index (κ2) is 4.12. The average Bonchev–Trinajstić information content (AvgIpc) is 2.38. The van der Waals surface area contributed by atoms with Crippen LogP contribution in [0.3, 0.4) is 0 Å². The molecule has 2 bridgehead atoms. The van der Waals surface area contributed by atoms with Gasteiger partial charge in [0, 0.05) is 24.0 Å². The zero-order valence-electron chi connectivity index (χ0n) is 10.1. The smallest absolute Gasteiger partial charge is 0.0972 e. The summed E-state index contributed by atoms with van der Waals surface area (Å²) < 4.78 is 0. The van der Waals surface area contributed by atoms with E-state index in [0.717, 1.165) is 17.9 Å². The van der Waals surface area contributed by atoms with Crippen LogP contribution in [0.25, 0.3) is 0 Å². The van der Waals surface area contributed by atoms with Crippen LogP contribution in [0, 0.1) is 5.92 Å². The lowest BCUT2D eigenvalue weighted by atomic mass is 9.90. The van der Waals surface area contributed by atoms with Crippen molar-refractivity contribution in [2.75, 3.05) is 7.05 Å². The number of nitrogens with zero attached hydrogens (tertiary/aromatic N) is 2. The van der Waals surface area contributed by atoms with Gasteiger partial charge in [-0.25, -0.2) is 0 Å². The normalized spacial score (nSPS) is 37.6. The van der Waals surface area contributed by atoms with Crippen molar-refractivity contribution in [3.05, 3.63) is 0 Å². The SMILES string of the molecule is CC(C)N=C(N)C1CC2CCC(C1)N2C. The van der Waals surface area contributed by atoms with Crippen LogP contribution in [0.4, 0.5) is 0 Å². The molecule has 0 aromatic carbocycles. The highest BCUT2D eigenvalue weighted by atomic mass is 15.2. The maximum atomic E-state index is 6.08. The summed E-state index contributed by atoms with van der Waals surface area (Å²) in [6.45, 7) is 4.19. The number of hydrogen-bond donors (Lipinski definition) is 1. The van der Waals surface area contributed by atoms with Crippen LogP contribution in [0.2, 0.25) is 0 Å². The fourth-order valence-electron chi connectivity index (χ4n) is 3.06. The zero-order chi connectivity index (χ0) is 11.0. The predicted octanol–water partition coefficient (Wildman–Crippen LogP) is 1.62. The Morgan fingerprint density at radius 1 is 1.27 bits per heavy atom. The van der Waals surface area contributed by atoms with Crippen molar-refractivity contribution in [2.24, 2.45) is 16.6 Å². The Labute approximate surface area is 92.7 Å². The first-order chi connectivity index (χ1) is 7.08. The molecule has 3 heteroatoms. The van der Waals surface area contributed by atoms with Crippen LogP contribution in [-0.4, -0.2) is 35.9 Å². The lowest BCUT2D eigenvalue weighted by molar-refractivity contribution is 0.158. The molecule has 2 fully saturated rings. The van der Waals surface area contributed by atoms with Crippen LogP contribution in [0.5, 0.6) is 0 Å². The van der Waals surface area contributed by atoms with Gasteiger partial charge >= 0.3 is 0 Å². The van der Waals surface area contributed by atoms with Gasteiger partial charge in [0.2, 0.25) is 0 Å². The van der Waals surface area contributed by atoms with Crippen molar-refractivity contribution >= 4 is 5.84 Å². The number of amidine groups is 1. The Bertz CT molecular complexity index is 246. The topological polar surface area (TPSA) is 41.6 Å². The van der Waals surface area contributed by atoms with Crippen LogP contribution < -0.4 is 5.73 Å². The first-order valence-corrected chi connectivity index (χ1v) is 6.13. The Hall–Kier alpha value is -0.570. The second-order valence-corrected chi connectivity index (χ2v) is 5.37. The zero-order valence-corrected chi connectivity index (χ0v) is 10.1. The van der Waals surface area contributed by atoms with E-state index in [1.165, 1.54) is 25.7 Å². The molecule has 3 nitrogen and oxygen atoms in total. The summed E-state index contributed by atoms with van der Waals surface area (Å²) in [6, 6.07) is 1.85. The minimum Gasteiger partial charge on any atom is -0.387 e. The summed E-state index contributed by atoms with van der Waals surface area (Å²) in [5, 5.41) is 0. The summed E-state index contributed by atoms with van der Waals surface area (Å²) in [6.07, 6.45) is 5.14. The molecule has 2 N–H and O–H groups in total. The van der Waals surface area contributed by atoms with Crippen LogP contribution in [0.15, 0.2) is 4.99 Å². The lowest BCUT2D eigenvalue weighted by Gasteiger charge is -2.36. The van der Waals surface area contributed by atoms with Gasteiger partial charge in [-0.15, -0.1) is 0 Å². The highest BCUT2D eigenvalue weighted by Crippen LogP contribution is 2.37. The van der Waals surface area contributed by atoms with E-state index in [4.69, 9.17) is 5.73 Å². The molecule has 0 aromatic rings. The number of aliphatic imine (C=N–C) groups is 1.